The summed E-state index contributed by atoms with van der Waals surface area (Å²) >= 11 is 0. The molecule has 2 amide bonds. The Balaban J connectivity index is 1.07. The number of anilines is 1. The van der Waals surface area contributed by atoms with Crippen LogP contribution in [0, 0.1) is 0 Å². The number of likely N-dealkylation sites (N-methyl/N-ethyl adjacent to an activating group) is 2. The van der Waals surface area contributed by atoms with Crippen LogP contribution in [0.3, 0.4) is 0 Å². The predicted molar refractivity (Wildman–Crippen MR) is 158 cm³/mol. The highest BCUT2D eigenvalue weighted by molar-refractivity contribution is 5.97. The summed E-state index contributed by atoms with van der Waals surface area (Å²) in [5.74, 6) is 0.767. The second-order valence-electron chi connectivity index (χ2n) is 10.8. The van der Waals surface area contributed by atoms with Gasteiger partial charge in [-0.1, -0.05) is 36.4 Å². The van der Waals surface area contributed by atoms with Crippen LogP contribution in [0.15, 0.2) is 54.6 Å². The van der Waals surface area contributed by atoms with E-state index < -0.39 is 49.5 Å². The van der Waals surface area contributed by atoms with Crippen molar-refractivity contribution in [3.63, 3.8) is 0 Å². The Kier molecular flexibility index (Phi) is 9.71. The third-order valence-corrected chi connectivity index (χ3v) is 7.79. The lowest BCUT2D eigenvalue weighted by Gasteiger charge is -2.39. The van der Waals surface area contributed by atoms with Gasteiger partial charge >= 0.3 is 12.2 Å². The minimum atomic E-state index is -1.55. The quantitative estimate of drug-likeness (QED) is 0.239. The fourth-order valence-corrected chi connectivity index (χ4v) is 5.11. The molecule has 0 bridgehead atoms. The maximum Gasteiger partial charge on any atom is 0.415 e. The maximum atomic E-state index is 12.9. The van der Waals surface area contributed by atoms with E-state index in [1.165, 1.54) is 15.4 Å². The summed E-state index contributed by atoms with van der Waals surface area (Å²) in [6, 6.07) is 16.1. The lowest BCUT2D eigenvalue weighted by Crippen LogP contribution is -2.60. The second kappa shape index (κ2) is 13.7. The number of nitrogens with one attached hydrogen (secondary N) is 1. The molecule has 44 heavy (non-hydrogen) atoms. The van der Waals surface area contributed by atoms with Crippen molar-refractivity contribution < 1.29 is 49.0 Å². The molecular formula is C31H37N3O10. The number of fused-ring (bicyclic) bond motifs is 3. The van der Waals surface area contributed by atoms with Crippen molar-refractivity contribution in [2.24, 2.45) is 0 Å². The fourth-order valence-electron chi connectivity index (χ4n) is 5.11. The number of aliphatic hydroxyl groups is 4. The summed E-state index contributed by atoms with van der Waals surface area (Å²) in [6.07, 6.45) is -7.14. The van der Waals surface area contributed by atoms with E-state index >= 15 is 0 Å². The van der Waals surface area contributed by atoms with Gasteiger partial charge in [-0.3, -0.25) is 0 Å². The SMILES string of the molecule is CN(CCN(C)C(=O)Oc1cc2c(c3ccccc13)CCN2)C(=O)OCc1ccc(O[C@@H]2O[C@H](CO)[C@H](O)[C@H](O)[C@H]2O)cc1. The first-order valence-corrected chi connectivity index (χ1v) is 14.3. The van der Waals surface area contributed by atoms with Crippen LogP contribution in [0.25, 0.3) is 10.8 Å². The van der Waals surface area contributed by atoms with Gasteiger partial charge in [-0.05, 0) is 35.1 Å². The molecule has 5 rings (SSSR count). The molecule has 236 valence electrons. The number of amides is 2. The number of ether oxygens (including phenoxy) is 4. The number of carbonyl (C=O) groups excluding carboxylic acids is 2. The minimum Gasteiger partial charge on any atom is -0.462 e. The van der Waals surface area contributed by atoms with Crippen molar-refractivity contribution in [3.05, 3.63) is 65.7 Å². The monoisotopic (exact) mass is 611 g/mol. The Labute approximate surface area is 254 Å². The first-order valence-electron chi connectivity index (χ1n) is 14.3. The molecule has 1 saturated heterocycles. The van der Waals surface area contributed by atoms with Crippen molar-refractivity contribution in [3.8, 4) is 11.5 Å². The molecule has 3 aromatic rings. The van der Waals surface area contributed by atoms with Gasteiger partial charge in [0.1, 0.15) is 42.5 Å². The minimum absolute atomic E-state index is 0.0270. The van der Waals surface area contributed by atoms with Gasteiger partial charge in [-0.2, -0.15) is 0 Å². The molecule has 13 heteroatoms. The average Bonchev–Trinajstić information content (AvgIpc) is 3.52. The molecule has 0 aromatic heterocycles. The van der Waals surface area contributed by atoms with Crippen LogP contribution in [0.1, 0.15) is 11.1 Å². The third kappa shape index (κ3) is 6.82. The van der Waals surface area contributed by atoms with E-state index in [1.54, 1.807) is 38.4 Å². The Morgan fingerprint density at radius 1 is 0.932 bits per heavy atom. The topological polar surface area (TPSA) is 170 Å². The third-order valence-electron chi connectivity index (χ3n) is 7.79. The molecule has 1 fully saturated rings. The van der Waals surface area contributed by atoms with E-state index in [1.807, 2.05) is 30.3 Å². The molecule has 0 unspecified atom stereocenters. The highest BCUT2D eigenvalue weighted by Crippen LogP contribution is 2.37. The van der Waals surface area contributed by atoms with Gasteiger partial charge < -0.3 is 54.5 Å². The Hall–Kier alpha value is -4.14. The summed E-state index contributed by atoms with van der Waals surface area (Å²) in [6.45, 7) is 0.678. The number of hydrogen-bond donors (Lipinski definition) is 5. The zero-order valence-corrected chi connectivity index (χ0v) is 24.5. The van der Waals surface area contributed by atoms with Gasteiger partial charge in [0.2, 0.25) is 6.29 Å². The number of hydrogen-bond acceptors (Lipinski definition) is 11. The molecule has 0 saturated carbocycles. The summed E-state index contributed by atoms with van der Waals surface area (Å²) in [5, 5.41) is 44.5. The number of carbonyl (C=O) groups is 2. The number of rotatable bonds is 9. The Morgan fingerprint density at radius 2 is 1.61 bits per heavy atom. The molecule has 2 aliphatic rings. The fraction of sp³-hybridized carbons (Fsp3) is 0.419. The van der Waals surface area contributed by atoms with Crippen LogP contribution < -0.4 is 14.8 Å². The standard InChI is InChI=1S/C31H37N3O10/c1-33(13-14-34(2)31(40)44-24-15-23-21(11-12-32-23)20-5-3-4-6-22(20)24)30(39)41-17-18-7-9-19(10-8-18)42-29-28(38)27(37)26(36)25(16-35)43-29/h3-10,15,25-29,32,35-38H,11-14,16-17H2,1-2H3/t25-,26+,27+,28-,29-/m1/s1. The highest BCUT2D eigenvalue weighted by Gasteiger charge is 2.44. The van der Waals surface area contributed by atoms with Gasteiger partial charge in [0, 0.05) is 50.9 Å². The lowest BCUT2D eigenvalue weighted by atomic mass is 9.99. The van der Waals surface area contributed by atoms with Crippen molar-refractivity contribution >= 4 is 28.6 Å². The van der Waals surface area contributed by atoms with Crippen molar-refractivity contribution in [1.29, 1.82) is 0 Å². The van der Waals surface area contributed by atoms with Crippen LogP contribution in [0.5, 0.6) is 11.5 Å². The normalized spacial score (nSPS) is 22.5. The summed E-state index contributed by atoms with van der Waals surface area (Å²) in [5.41, 5.74) is 2.84. The van der Waals surface area contributed by atoms with Crippen LogP contribution in [-0.2, 0) is 22.5 Å². The summed E-state index contributed by atoms with van der Waals surface area (Å²) in [4.78, 5) is 28.2. The number of aliphatic hydroxyl groups excluding tert-OH is 4. The van der Waals surface area contributed by atoms with Crippen molar-refractivity contribution in [1.82, 2.24) is 9.80 Å². The molecule has 5 N–H and O–H groups in total. The van der Waals surface area contributed by atoms with Crippen molar-refractivity contribution in [2.75, 3.05) is 45.7 Å². The van der Waals surface area contributed by atoms with Gasteiger partial charge in [0.15, 0.2) is 0 Å². The van der Waals surface area contributed by atoms with E-state index in [9.17, 15) is 30.0 Å². The maximum absolute atomic E-state index is 12.9. The molecule has 0 aliphatic carbocycles. The molecule has 13 nitrogen and oxygen atoms in total. The summed E-state index contributed by atoms with van der Waals surface area (Å²) < 4.78 is 22.0. The number of nitrogens with zero attached hydrogens (tertiary/aromatic N) is 2. The smallest absolute Gasteiger partial charge is 0.415 e. The van der Waals surface area contributed by atoms with E-state index in [4.69, 9.17) is 18.9 Å². The Bertz CT molecular complexity index is 1470. The van der Waals surface area contributed by atoms with Gasteiger partial charge in [0.05, 0.1) is 6.61 Å². The molecule has 0 spiro atoms. The van der Waals surface area contributed by atoms with E-state index in [-0.39, 0.29) is 19.7 Å². The number of benzene rings is 3. The Morgan fingerprint density at radius 3 is 2.32 bits per heavy atom. The van der Waals surface area contributed by atoms with Crippen LogP contribution in [0.4, 0.5) is 15.3 Å². The molecule has 2 heterocycles. The van der Waals surface area contributed by atoms with E-state index in [0.717, 1.165) is 29.4 Å². The van der Waals surface area contributed by atoms with Gasteiger partial charge in [-0.25, -0.2) is 9.59 Å². The van der Waals surface area contributed by atoms with Crippen LogP contribution in [-0.4, -0.2) is 113 Å². The highest BCUT2D eigenvalue weighted by atomic mass is 16.7. The molecular weight excluding hydrogens is 574 g/mol. The van der Waals surface area contributed by atoms with E-state index in [0.29, 0.717) is 17.1 Å². The van der Waals surface area contributed by atoms with Crippen LogP contribution >= 0.6 is 0 Å². The first kappa shape index (κ1) is 31.3. The molecule has 2 aliphatic heterocycles. The average molecular weight is 612 g/mol. The molecule has 5 atom stereocenters. The van der Waals surface area contributed by atoms with Crippen molar-refractivity contribution in [2.45, 2.75) is 43.7 Å². The van der Waals surface area contributed by atoms with Crippen LogP contribution in [0.2, 0.25) is 0 Å². The predicted octanol–water partition coefficient (Wildman–Crippen LogP) is 1.69. The first-order chi connectivity index (χ1) is 21.2. The summed E-state index contributed by atoms with van der Waals surface area (Å²) in [7, 11) is 3.17. The van der Waals surface area contributed by atoms with E-state index in [2.05, 4.69) is 5.32 Å². The zero-order valence-electron chi connectivity index (χ0n) is 24.5. The van der Waals surface area contributed by atoms with Gasteiger partial charge in [0.25, 0.3) is 0 Å². The largest absolute Gasteiger partial charge is 0.462 e. The lowest BCUT2D eigenvalue weighted by molar-refractivity contribution is -0.277. The molecule has 3 aromatic carbocycles. The van der Waals surface area contributed by atoms with Gasteiger partial charge in [-0.15, -0.1) is 0 Å². The molecule has 0 radical (unpaired) electrons. The second-order valence-corrected chi connectivity index (χ2v) is 10.8. The zero-order chi connectivity index (χ0) is 31.4.